The Morgan fingerprint density at radius 3 is 2.12 bits per heavy atom. The number of carbonyl (C=O) groups is 3. The number of hydrogen-bond donors (Lipinski definition) is 2. The molecular formula is C18H17N3O4. The van der Waals surface area contributed by atoms with Crippen LogP contribution in [0.2, 0.25) is 0 Å². The molecule has 2 rings (SSSR count). The van der Waals surface area contributed by atoms with Crippen molar-refractivity contribution in [1.29, 1.82) is 0 Å². The van der Waals surface area contributed by atoms with Crippen LogP contribution < -0.4 is 5.32 Å². The second-order valence-corrected chi connectivity index (χ2v) is 5.44. The maximum atomic E-state index is 12.2. The lowest BCUT2D eigenvalue weighted by atomic mass is 10.2. The van der Waals surface area contributed by atoms with E-state index in [2.05, 4.69) is 15.5 Å². The smallest absolute Gasteiger partial charge is 0.335 e. The first kappa shape index (κ1) is 18.0. The van der Waals surface area contributed by atoms with E-state index in [0.29, 0.717) is 11.4 Å². The zero-order valence-electron chi connectivity index (χ0n) is 13.8. The topological polar surface area (TPSA) is 108 Å². The molecule has 0 bridgehead atoms. The molecule has 1 amide bonds. The molecule has 128 valence electrons. The van der Waals surface area contributed by atoms with Gasteiger partial charge in [0.25, 0.3) is 5.91 Å². The summed E-state index contributed by atoms with van der Waals surface area (Å²) in [6.07, 6.45) is 0. The second kappa shape index (κ2) is 7.96. The fourth-order valence-corrected chi connectivity index (χ4v) is 1.96. The highest BCUT2D eigenvalue weighted by atomic mass is 16.4. The summed E-state index contributed by atoms with van der Waals surface area (Å²) in [4.78, 5) is 34.7. The number of ketones is 1. The summed E-state index contributed by atoms with van der Waals surface area (Å²) in [5, 5.41) is 19.1. The van der Waals surface area contributed by atoms with Gasteiger partial charge < -0.3 is 10.4 Å². The summed E-state index contributed by atoms with van der Waals surface area (Å²) in [6, 6.07) is 11.5. The van der Waals surface area contributed by atoms with Gasteiger partial charge in [-0.25, -0.2) is 4.79 Å². The largest absolute Gasteiger partial charge is 0.478 e. The molecule has 0 heterocycles. The Balaban J connectivity index is 2.11. The molecule has 0 aromatic heterocycles. The number of anilines is 1. The quantitative estimate of drug-likeness (QED) is 0.621. The fraction of sp³-hybridized carbons (Fsp3) is 0.167. The van der Waals surface area contributed by atoms with Gasteiger partial charge in [0.15, 0.2) is 5.78 Å². The van der Waals surface area contributed by atoms with E-state index in [4.69, 9.17) is 5.11 Å². The Morgan fingerprint density at radius 2 is 1.60 bits per heavy atom. The van der Waals surface area contributed by atoms with Crippen LogP contribution in [0.1, 0.15) is 22.8 Å². The lowest BCUT2D eigenvalue weighted by Crippen LogP contribution is -2.31. The molecule has 2 N–H and O–H groups in total. The molecule has 7 heteroatoms. The summed E-state index contributed by atoms with van der Waals surface area (Å²) in [5.41, 5.74) is 2.06. The lowest BCUT2D eigenvalue weighted by molar-refractivity contribution is -0.126. The Kier molecular flexibility index (Phi) is 5.73. The van der Waals surface area contributed by atoms with Gasteiger partial charge in [0.05, 0.1) is 11.3 Å². The Hall–Kier alpha value is -3.35. The van der Waals surface area contributed by atoms with E-state index in [0.717, 1.165) is 5.56 Å². The molecule has 2 aromatic carbocycles. The van der Waals surface area contributed by atoms with Gasteiger partial charge in [-0.1, -0.05) is 17.7 Å². The van der Waals surface area contributed by atoms with Gasteiger partial charge >= 0.3 is 5.97 Å². The third-order valence-corrected chi connectivity index (χ3v) is 3.36. The molecule has 0 aliphatic heterocycles. The second-order valence-electron chi connectivity index (χ2n) is 5.44. The number of nitrogens with one attached hydrogen (secondary N) is 1. The normalized spacial score (nSPS) is 11.9. The first-order valence-corrected chi connectivity index (χ1v) is 7.49. The van der Waals surface area contributed by atoms with Gasteiger partial charge in [-0.05, 0) is 50.2 Å². The number of amides is 1. The van der Waals surface area contributed by atoms with Gasteiger partial charge in [0, 0.05) is 5.69 Å². The minimum Gasteiger partial charge on any atom is -0.478 e. The van der Waals surface area contributed by atoms with E-state index in [-0.39, 0.29) is 5.56 Å². The summed E-state index contributed by atoms with van der Waals surface area (Å²) in [6.45, 7) is 3.18. The van der Waals surface area contributed by atoms with Crippen molar-refractivity contribution in [3.63, 3.8) is 0 Å². The van der Waals surface area contributed by atoms with Gasteiger partial charge in [0.1, 0.15) is 0 Å². The Labute approximate surface area is 144 Å². The van der Waals surface area contributed by atoms with Crippen LogP contribution in [-0.2, 0) is 9.59 Å². The van der Waals surface area contributed by atoms with E-state index in [1.165, 1.54) is 31.2 Å². The third kappa shape index (κ3) is 5.07. The number of carboxylic acids is 1. The maximum Gasteiger partial charge on any atom is 0.335 e. The number of azo groups is 1. The minimum absolute atomic E-state index is 0.110. The number of rotatable bonds is 6. The van der Waals surface area contributed by atoms with E-state index >= 15 is 0 Å². The van der Waals surface area contributed by atoms with Crippen molar-refractivity contribution >= 4 is 29.0 Å². The molecule has 0 spiro atoms. The number of aryl methyl sites for hydroxylation is 1. The van der Waals surface area contributed by atoms with Crippen LogP contribution >= 0.6 is 0 Å². The van der Waals surface area contributed by atoms with Crippen LogP contribution in [-0.4, -0.2) is 28.8 Å². The highest BCUT2D eigenvalue weighted by molar-refractivity contribution is 6.10. The van der Waals surface area contributed by atoms with Gasteiger partial charge in [-0.2, -0.15) is 10.2 Å². The van der Waals surface area contributed by atoms with E-state index in [9.17, 15) is 14.4 Å². The number of carboxylic acid groups (broad SMARTS) is 1. The number of benzene rings is 2. The van der Waals surface area contributed by atoms with Crippen molar-refractivity contribution in [2.75, 3.05) is 5.32 Å². The highest BCUT2D eigenvalue weighted by Gasteiger charge is 2.23. The summed E-state index contributed by atoms with van der Waals surface area (Å²) >= 11 is 0. The van der Waals surface area contributed by atoms with Gasteiger partial charge in [-0.3, -0.25) is 9.59 Å². The van der Waals surface area contributed by atoms with Crippen molar-refractivity contribution < 1.29 is 19.5 Å². The van der Waals surface area contributed by atoms with Crippen molar-refractivity contribution in [3.05, 3.63) is 59.7 Å². The Morgan fingerprint density at radius 1 is 1.00 bits per heavy atom. The molecule has 25 heavy (non-hydrogen) atoms. The molecule has 0 saturated carbocycles. The van der Waals surface area contributed by atoms with Crippen molar-refractivity contribution in [1.82, 2.24) is 0 Å². The predicted octanol–water partition coefficient (Wildman–Crippen LogP) is 3.37. The van der Waals surface area contributed by atoms with E-state index in [1.807, 2.05) is 19.1 Å². The zero-order valence-corrected chi connectivity index (χ0v) is 13.8. The monoisotopic (exact) mass is 339 g/mol. The fourth-order valence-electron chi connectivity index (χ4n) is 1.96. The first-order chi connectivity index (χ1) is 11.9. The molecule has 1 atom stereocenters. The van der Waals surface area contributed by atoms with Crippen LogP contribution in [0, 0.1) is 6.92 Å². The van der Waals surface area contributed by atoms with Crippen molar-refractivity contribution in [2.24, 2.45) is 10.2 Å². The lowest BCUT2D eigenvalue weighted by Gasteiger charge is -2.09. The highest BCUT2D eigenvalue weighted by Crippen LogP contribution is 2.15. The summed E-state index contributed by atoms with van der Waals surface area (Å²) in [5.74, 6) is -2.08. The number of Topliss-reactive ketones (excluding diaryl/α,β-unsaturated/α-hetero) is 1. The maximum absolute atomic E-state index is 12.2. The molecule has 7 nitrogen and oxygen atoms in total. The summed E-state index contributed by atoms with van der Waals surface area (Å²) in [7, 11) is 0. The van der Waals surface area contributed by atoms with Crippen LogP contribution in [0.3, 0.4) is 0 Å². The molecule has 2 aromatic rings. The first-order valence-electron chi connectivity index (χ1n) is 7.49. The third-order valence-electron chi connectivity index (χ3n) is 3.36. The van der Waals surface area contributed by atoms with Gasteiger partial charge in [-0.15, -0.1) is 0 Å². The van der Waals surface area contributed by atoms with Crippen molar-refractivity contribution in [2.45, 2.75) is 19.9 Å². The zero-order chi connectivity index (χ0) is 18.4. The van der Waals surface area contributed by atoms with Crippen LogP contribution in [0.5, 0.6) is 0 Å². The molecule has 0 aliphatic rings. The molecule has 0 aliphatic carbocycles. The van der Waals surface area contributed by atoms with E-state index in [1.54, 1.807) is 12.1 Å². The SMILES string of the molecule is CC(=O)C(N=Nc1ccc(C(=O)O)cc1)C(=O)Nc1ccc(C)cc1. The number of aromatic carboxylic acids is 1. The predicted molar refractivity (Wildman–Crippen MR) is 92.2 cm³/mol. The standard InChI is InChI=1S/C18H17N3O4/c1-11-3-7-14(8-4-11)19-17(23)16(12(2)22)21-20-15-9-5-13(6-10-15)18(24)25/h3-10,16H,1-2H3,(H,19,23)(H,24,25). The van der Waals surface area contributed by atoms with E-state index < -0.39 is 23.7 Å². The number of nitrogens with zero attached hydrogens (tertiary/aromatic N) is 2. The average Bonchev–Trinajstić information content (AvgIpc) is 2.57. The number of carbonyl (C=O) groups excluding carboxylic acids is 2. The van der Waals surface area contributed by atoms with Crippen LogP contribution in [0.25, 0.3) is 0 Å². The molecule has 1 unspecified atom stereocenters. The summed E-state index contributed by atoms with van der Waals surface area (Å²) < 4.78 is 0. The molecule has 0 saturated heterocycles. The minimum atomic E-state index is -1.28. The van der Waals surface area contributed by atoms with Crippen molar-refractivity contribution in [3.8, 4) is 0 Å². The van der Waals surface area contributed by atoms with Crippen LogP contribution in [0.15, 0.2) is 58.8 Å². The van der Waals surface area contributed by atoms with Crippen LogP contribution in [0.4, 0.5) is 11.4 Å². The Bertz CT molecular complexity index is 811. The number of hydrogen-bond acceptors (Lipinski definition) is 5. The molecular weight excluding hydrogens is 322 g/mol. The van der Waals surface area contributed by atoms with Gasteiger partial charge in [0.2, 0.25) is 6.04 Å². The average molecular weight is 339 g/mol. The molecule has 0 radical (unpaired) electrons. The molecule has 0 fully saturated rings.